The molecule has 0 saturated carbocycles. The predicted octanol–water partition coefficient (Wildman–Crippen LogP) is 1.46. The minimum Gasteiger partial charge on any atom is -0.348 e. The van der Waals surface area contributed by atoms with E-state index in [2.05, 4.69) is 10.6 Å². The maximum absolute atomic E-state index is 11.5. The van der Waals surface area contributed by atoms with E-state index in [0.29, 0.717) is 5.11 Å². The molecular formula is C11H24N2O2S3. The lowest BCUT2D eigenvalue weighted by molar-refractivity contribution is 0.620. The molecule has 0 aliphatic heterocycles. The smallest absolute Gasteiger partial charge is 0.168 e. The van der Waals surface area contributed by atoms with E-state index in [0.717, 1.165) is 25.7 Å². The second-order valence-corrected chi connectivity index (χ2v) is 7.71. The molecule has 0 amide bonds. The normalized spacial score (nSPS) is 17.6. The van der Waals surface area contributed by atoms with Crippen LogP contribution in [0.1, 0.15) is 39.5 Å². The number of thiocarbonyl (C=S) groups is 1. The topological polar surface area (TPSA) is 58.2 Å². The van der Waals surface area contributed by atoms with Gasteiger partial charge in [-0.05, 0) is 25.1 Å². The van der Waals surface area contributed by atoms with Crippen LogP contribution in [0.5, 0.6) is 0 Å². The van der Waals surface area contributed by atoms with Crippen molar-refractivity contribution in [3.63, 3.8) is 0 Å². The lowest BCUT2D eigenvalue weighted by Crippen LogP contribution is -2.48. The predicted molar refractivity (Wildman–Crippen MR) is 84.4 cm³/mol. The fraction of sp³-hybridized carbons (Fsp3) is 0.909. The third-order valence-corrected chi connectivity index (χ3v) is 5.03. The standard InChI is InChI=1S/C11H24N2O2S3/c1-5-7-9(17(3)14)12-11(16)13-10(8-6-2)18(4)15/h9-10H,5-8H2,1-4H3,(H2,12,13,16). The van der Waals surface area contributed by atoms with Crippen molar-refractivity contribution < 1.29 is 8.42 Å². The molecule has 0 aliphatic carbocycles. The zero-order valence-electron chi connectivity index (χ0n) is 11.5. The highest BCUT2D eigenvalue weighted by atomic mass is 32.2. The first-order chi connectivity index (χ1) is 8.42. The molecule has 4 atom stereocenters. The van der Waals surface area contributed by atoms with Crippen LogP contribution in [-0.2, 0) is 21.6 Å². The Morgan fingerprint density at radius 3 is 1.56 bits per heavy atom. The highest BCUT2D eigenvalue weighted by Gasteiger charge is 2.16. The van der Waals surface area contributed by atoms with E-state index in [-0.39, 0.29) is 10.7 Å². The van der Waals surface area contributed by atoms with Crippen molar-refractivity contribution in [2.75, 3.05) is 12.5 Å². The van der Waals surface area contributed by atoms with Crippen molar-refractivity contribution in [3.05, 3.63) is 0 Å². The summed E-state index contributed by atoms with van der Waals surface area (Å²) in [6.07, 6.45) is 6.82. The average molecular weight is 313 g/mol. The molecule has 0 aromatic heterocycles. The van der Waals surface area contributed by atoms with Crippen molar-refractivity contribution in [1.82, 2.24) is 10.6 Å². The quantitative estimate of drug-likeness (QED) is 0.665. The first-order valence-electron chi connectivity index (χ1n) is 6.13. The Morgan fingerprint density at radius 2 is 1.33 bits per heavy atom. The third kappa shape index (κ3) is 7.43. The van der Waals surface area contributed by atoms with Gasteiger partial charge < -0.3 is 10.6 Å². The molecule has 0 saturated heterocycles. The van der Waals surface area contributed by atoms with Crippen molar-refractivity contribution in [3.8, 4) is 0 Å². The van der Waals surface area contributed by atoms with Crippen LogP contribution in [0.15, 0.2) is 0 Å². The second kappa shape index (κ2) is 9.86. The Hall–Kier alpha value is -0.0100. The van der Waals surface area contributed by atoms with Gasteiger partial charge in [0.25, 0.3) is 0 Å². The van der Waals surface area contributed by atoms with Crippen LogP contribution in [0.4, 0.5) is 0 Å². The largest absolute Gasteiger partial charge is 0.348 e. The molecule has 0 bridgehead atoms. The van der Waals surface area contributed by atoms with Gasteiger partial charge in [-0.3, -0.25) is 8.42 Å². The Bertz CT molecular complexity index is 283. The number of hydrogen-bond acceptors (Lipinski definition) is 3. The summed E-state index contributed by atoms with van der Waals surface area (Å²) in [5.74, 6) is 0. The zero-order valence-corrected chi connectivity index (χ0v) is 14.0. The summed E-state index contributed by atoms with van der Waals surface area (Å²) < 4.78 is 23.0. The summed E-state index contributed by atoms with van der Waals surface area (Å²) in [7, 11) is -1.94. The van der Waals surface area contributed by atoms with Gasteiger partial charge in [-0.15, -0.1) is 0 Å². The van der Waals surface area contributed by atoms with Crippen LogP contribution in [0, 0.1) is 0 Å². The molecule has 4 nitrogen and oxygen atoms in total. The lowest BCUT2D eigenvalue weighted by Gasteiger charge is -2.22. The van der Waals surface area contributed by atoms with E-state index in [1.807, 2.05) is 13.8 Å². The monoisotopic (exact) mass is 312 g/mol. The minimum absolute atomic E-state index is 0.137. The summed E-state index contributed by atoms with van der Waals surface area (Å²) >= 11 is 5.18. The summed E-state index contributed by atoms with van der Waals surface area (Å²) in [5, 5.41) is 6.26. The molecule has 0 rings (SSSR count). The molecule has 0 heterocycles. The van der Waals surface area contributed by atoms with Crippen LogP contribution < -0.4 is 10.6 Å². The summed E-state index contributed by atoms with van der Waals surface area (Å²) in [4.78, 5) is 0. The van der Waals surface area contributed by atoms with E-state index in [1.165, 1.54) is 0 Å². The van der Waals surface area contributed by atoms with Crippen molar-refractivity contribution >= 4 is 38.9 Å². The number of hydrogen-bond donors (Lipinski definition) is 2. The van der Waals surface area contributed by atoms with Gasteiger partial charge in [0.15, 0.2) is 5.11 Å². The maximum atomic E-state index is 11.5. The molecule has 0 fully saturated rings. The molecule has 0 aromatic rings. The number of nitrogens with one attached hydrogen (secondary N) is 2. The second-order valence-electron chi connectivity index (χ2n) is 4.17. The van der Waals surface area contributed by atoms with Gasteiger partial charge in [0.2, 0.25) is 0 Å². The van der Waals surface area contributed by atoms with Crippen LogP contribution in [0.25, 0.3) is 0 Å². The summed E-state index contributed by atoms with van der Waals surface area (Å²) in [5.41, 5.74) is 0. The number of rotatable bonds is 8. The van der Waals surface area contributed by atoms with Crippen molar-refractivity contribution in [2.24, 2.45) is 0 Å². The highest BCUT2D eigenvalue weighted by Crippen LogP contribution is 2.03. The zero-order chi connectivity index (χ0) is 14.1. The van der Waals surface area contributed by atoms with Crippen molar-refractivity contribution in [2.45, 2.75) is 50.3 Å². The van der Waals surface area contributed by atoms with Gasteiger partial charge in [0, 0.05) is 34.1 Å². The summed E-state index contributed by atoms with van der Waals surface area (Å²) in [6, 6.07) is 0. The Balaban J connectivity index is 4.37. The van der Waals surface area contributed by atoms with Crippen LogP contribution in [0.2, 0.25) is 0 Å². The minimum atomic E-state index is -0.968. The molecule has 0 aliphatic rings. The molecule has 0 radical (unpaired) electrons. The van der Waals surface area contributed by atoms with Gasteiger partial charge >= 0.3 is 0 Å². The molecule has 0 spiro atoms. The van der Waals surface area contributed by atoms with E-state index >= 15 is 0 Å². The first kappa shape index (κ1) is 18.0. The molecule has 4 unspecified atom stereocenters. The third-order valence-electron chi connectivity index (χ3n) is 2.49. The molecule has 18 heavy (non-hydrogen) atoms. The maximum Gasteiger partial charge on any atom is 0.168 e. The van der Waals surface area contributed by atoms with Crippen LogP contribution in [-0.4, -0.2) is 36.8 Å². The Kier molecular flexibility index (Phi) is 9.85. The SMILES string of the molecule is CCCC(NC(=S)NC(CCC)S(C)=O)S(C)=O. The fourth-order valence-electron chi connectivity index (χ4n) is 1.50. The van der Waals surface area contributed by atoms with Gasteiger partial charge in [-0.25, -0.2) is 0 Å². The lowest BCUT2D eigenvalue weighted by atomic mass is 10.3. The van der Waals surface area contributed by atoms with Gasteiger partial charge in [-0.2, -0.15) is 0 Å². The van der Waals surface area contributed by atoms with E-state index in [9.17, 15) is 8.42 Å². The molecule has 2 N–H and O–H groups in total. The summed E-state index contributed by atoms with van der Waals surface area (Å²) in [6.45, 7) is 4.08. The molecule has 0 aromatic carbocycles. The fourth-order valence-corrected chi connectivity index (χ4v) is 3.64. The average Bonchev–Trinajstić information content (AvgIpc) is 2.27. The molecular weight excluding hydrogens is 288 g/mol. The molecule has 108 valence electrons. The Morgan fingerprint density at radius 1 is 1.00 bits per heavy atom. The molecule has 7 heteroatoms. The van der Waals surface area contributed by atoms with E-state index in [4.69, 9.17) is 12.2 Å². The van der Waals surface area contributed by atoms with E-state index < -0.39 is 21.6 Å². The Labute approximate surface area is 121 Å². The van der Waals surface area contributed by atoms with E-state index in [1.54, 1.807) is 12.5 Å². The highest BCUT2D eigenvalue weighted by molar-refractivity contribution is 7.85. The first-order valence-corrected chi connectivity index (χ1v) is 9.78. The van der Waals surface area contributed by atoms with Crippen LogP contribution >= 0.6 is 12.2 Å². The van der Waals surface area contributed by atoms with Gasteiger partial charge in [-0.1, -0.05) is 26.7 Å². The van der Waals surface area contributed by atoms with Gasteiger partial charge in [0.05, 0.1) is 0 Å². The van der Waals surface area contributed by atoms with Crippen molar-refractivity contribution in [1.29, 1.82) is 0 Å². The van der Waals surface area contributed by atoms with Gasteiger partial charge in [0.1, 0.15) is 10.7 Å². The van der Waals surface area contributed by atoms with Crippen LogP contribution in [0.3, 0.4) is 0 Å².